The van der Waals surface area contributed by atoms with Crippen molar-refractivity contribution in [3.8, 4) is 10.6 Å². The fourth-order valence-electron chi connectivity index (χ4n) is 4.54. The molecule has 5 rings (SSSR count). The Balaban J connectivity index is 1.50. The van der Waals surface area contributed by atoms with Crippen molar-refractivity contribution in [1.29, 1.82) is 0 Å². The van der Waals surface area contributed by atoms with Crippen LogP contribution in [0.15, 0.2) is 18.5 Å². The third kappa shape index (κ3) is 4.30. The van der Waals surface area contributed by atoms with Crippen LogP contribution in [0.1, 0.15) is 38.3 Å². The van der Waals surface area contributed by atoms with E-state index in [0.717, 1.165) is 39.3 Å². The molecule has 2 fully saturated rings. The molecule has 5 N–H and O–H groups in total. The Bertz CT molecular complexity index is 1170. The van der Waals surface area contributed by atoms with Gasteiger partial charge in [0.2, 0.25) is 11.9 Å². The van der Waals surface area contributed by atoms with E-state index >= 15 is 0 Å². The third-order valence-corrected chi connectivity index (χ3v) is 7.68. The van der Waals surface area contributed by atoms with Crippen molar-refractivity contribution in [2.24, 2.45) is 5.92 Å². The highest BCUT2D eigenvalue weighted by molar-refractivity contribution is 7.21. The Labute approximate surface area is 201 Å². The van der Waals surface area contributed by atoms with E-state index in [-0.39, 0.29) is 12.3 Å². The van der Waals surface area contributed by atoms with Crippen molar-refractivity contribution >= 4 is 39.2 Å². The molecule has 1 amide bonds. The maximum Gasteiger partial charge on any atom is 0.225 e. The van der Waals surface area contributed by atoms with E-state index in [1.165, 1.54) is 17.8 Å². The Morgan fingerprint density at radius 3 is 2.71 bits per heavy atom. The highest BCUT2D eigenvalue weighted by Crippen LogP contribution is 2.38. The van der Waals surface area contributed by atoms with Gasteiger partial charge in [0.05, 0.1) is 40.2 Å². The number of nitrogens with one attached hydrogen (secondary N) is 3. The summed E-state index contributed by atoms with van der Waals surface area (Å²) in [4.78, 5) is 30.7. The van der Waals surface area contributed by atoms with Crippen LogP contribution in [-0.4, -0.2) is 66.9 Å². The first kappa shape index (κ1) is 22.9. The maximum atomic E-state index is 12.4. The summed E-state index contributed by atoms with van der Waals surface area (Å²) in [6.45, 7) is 4.20. The van der Waals surface area contributed by atoms with Crippen molar-refractivity contribution in [2.75, 3.05) is 17.2 Å². The molecule has 4 unspecified atom stereocenters. The van der Waals surface area contributed by atoms with Gasteiger partial charge < -0.3 is 26.2 Å². The predicted molar refractivity (Wildman–Crippen MR) is 131 cm³/mol. The van der Waals surface area contributed by atoms with Gasteiger partial charge in [0.15, 0.2) is 0 Å². The molecule has 11 heteroatoms. The number of aliphatic hydroxyl groups is 2. The van der Waals surface area contributed by atoms with Gasteiger partial charge in [-0.25, -0.2) is 9.97 Å². The van der Waals surface area contributed by atoms with Crippen molar-refractivity contribution < 1.29 is 15.0 Å². The van der Waals surface area contributed by atoms with Crippen molar-refractivity contribution in [1.82, 2.24) is 25.3 Å². The molecule has 2 aliphatic carbocycles. The van der Waals surface area contributed by atoms with Gasteiger partial charge >= 0.3 is 0 Å². The molecule has 2 aliphatic rings. The second-order valence-electron chi connectivity index (χ2n) is 8.96. The lowest BCUT2D eigenvalue weighted by Crippen LogP contribution is -2.39. The molecule has 0 bridgehead atoms. The monoisotopic (exact) mass is 483 g/mol. The summed E-state index contributed by atoms with van der Waals surface area (Å²) >= 11 is 1.52. The van der Waals surface area contributed by atoms with E-state index in [4.69, 9.17) is 15.0 Å². The SMILES string of the molecule is CCNC(=O)C1CC(Nc2nc(NC3CCC3)nc(C)c2-c2nc3cnccc3s2)C(O)C1O. The van der Waals surface area contributed by atoms with Crippen LogP contribution in [0.4, 0.5) is 11.8 Å². The Morgan fingerprint density at radius 2 is 2.00 bits per heavy atom. The highest BCUT2D eigenvalue weighted by Gasteiger charge is 2.45. The van der Waals surface area contributed by atoms with E-state index in [9.17, 15) is 15.0 Å². The van der Waals surface area contributed by atoms with Crippen LogP contribution in [-0.2, 0) is 4.79 Å². The van der Waals surface area contributed by atoms with Gasteiger partial charge in [-0.2, -0.15) is 4.98 Å². The smallest absolute Gasteiger partial charge is 0.225 e. The molecule has 180 valence electrons. The van der Waals surface area contributed by atoms with Crippen LogP contribution in [0.5, 0.6) is 0 Å². The van der Waals surface area contributed by atoms with Crippen LogP contribution in [0.25, 0.3) is 20.8 Å². The molecular formula is C23H29N7O3S. The summed E-state index contributed by atoms with van der Waals surface area (Å²) in [7, 11) is 0. The minimum absolute atomic E-state index is 0.261. The normalized spacial score (nSPS) is 24.7. The topological polar surface area (TPSA) is 145 Å². The summed E-state index contributed by atoms with van der Waals surface area (Å²) in [5.74, 6) is 0.0852. The molecule has 0 aromatic carbocycles. The van der Waals surface area contributed by atoms with Crippen LogP contribution in [0.3, 0.4) is 0 Å². The van der Waals surface area contributed by atoms with Gasteiger partial charge in [-0.15, -0.1) is 11.3 Å². The number of hydrogen-bond donors (Lipinski definition) is 5. The summed E-state index contributed by atoms with van der Waals surface area (Å²) in [5.41, 5.74) is 2.28. The average molecular weight is 484 g/mol. The zero-order valence-electron chi connectivity index (χ0n) is 19.2. The van der Waals surface area contributed by atoms with E-state index < -0.39 is 24.2 Å². The van der Waals surface area contributed by atoms with Gasteiger partial charge in [0, 0.05) is 18.8 Å². The van der Waals surface area contributed by atoms with Crippen molar-refractivity contribution in [3.05, 3.63) is 24.2 Å². The number of nitrogens with zero attached hydrogens (tertiary/aromatic N) is 4. The second-order valence-corrected chi connectivity index (χ2v) is 9.99. The minimum atomic E-state index is -1.16. The van der Waals surface area contributed by atoms with Crippen LogP contribution in [0, 0.1) is 12.8 Å². The number of rotatable bonds is 7. The van der Waals surface area contributed by atoms with Gasteiger partial charge in [-0.05, 0) is 45.6 Å². The molecule has 3 heterocycles. The summed E-state index contributed by atoms with van der Waals surface area (Å²) in [5, 5.41) is 31.5. The van der Waals surface area contributed by atoms with Crippen molar-refractivity contribution in [2.45, 2.75) is 63.8 Å². The molecule has 0 spiro atoms. The molecule has 3 aromatic heterocycles. The van der Waals surface area contributed by atoms with Crippen LogP contribution in [0.2, 0.25) is 0 Å². The lowest BCUT2D eigenvalue weighted by Gasteiger charge is -2.27. The van der Waals surface area contributed by atoms with E-state index in [2.05, 4.69) is 20.9 Å². The number of hydrogen-bond acceptors (Lipinski definition) is 10. The number of carbonyl (C=O) groups is 1. The van der Waals surface area contributed by atoms with Crippen LogP contribution < -0.4 is 16.0 Å². The third-order valence-electron chi connectivity index (χ3n) is 6.62. The highest BCUT2D eigenvalue weighted by atomic mass is 32.1. The molecule has 34 heavy (non-hydrogen) atoms. The van der Waals surface area contributed by atoms with E-state index in [1.807, 2.05) is 19.9 Å². The largest absolute Gasteiger partial charge is 0.390 e. The number of anilines is 2. The van der Waals surface area contributed by atoms with Gasteiger partial charge in [-0.1, -0.05) is 0 Å². The predicted octanol–water partition coefficient (Wildman–Crippen LogP) is 2.08. The number of pyridine rings is 1. The summed E-state index contributed by atoms with van der Waals surface area (Å²) in [6, 6.07) is 1.72. The molecule has 0 saturated heterocycles. The molecular weight excluding hydrogens is 454 g/mol. The average Bonchev–Trinajstić information content (AvgIpc) is 3.32. The quantitative estimate of drug-likeness (QED) is 0.341. The first-order valence-electron chi connectivity index (χ1n) is 11.7. The number of aromatic nitrogens is 4. The fraction of sp³-hybridized carbons (Fsp3) is 0.522. The Morgan fingerprint density at radius 1 is 1.18 bits per heavy atom. The number of fused-ring (bicyclic) bond motifs is 1. The molecule has 0 radical (unpaired) electrons. The second kappa shape index (κ2) is 9.40. The van der Waals surface area contributed by atoms with Gasteiger partial charge in [-0.3, -0.25) is 9.78 Å². The number of aliphatic hydroxyl groups excluding tert-OH is 2. The standard InChI is InChI=1S/C23H29N7O3S/c1-3-25-21(33)13-9-14(19(32)18(13)31)28-20-17(22-29-15-10-24-8-7-16(15)34-22)11(2)26-23(30-20)27-12-5-4-6-12/h7-8,10,12-14,18-19,31-32H,3-6,9H2,1-2H3,(H,25,33)(H2,26,27,28,30). The minimum Gasteiger partial charge on any atom is -0.390 e. The lowest BCUT2D eigenvalue weighted by molar-refractivity contribution is -0.128. The number of amides is 1. The van der Waals surface area contributed by atoms with Gasteiger partial charge in [0.1, 0.15) is 22.4 Å². The number of thiazole rings is 1. The first-order chi connectivity index (χ1) is 16.4. The van der Waals surface area contributed by atoms with Crippen molar-refractivity contribution in [3.63, 3.8) is 0 Å². The molecule has 3 aromatic rings. The van der Waals surface area contributed by atoms with Gasteiger partial charge in [0.25, 0.3) is 0 Å². The molecule has 4 atom stereocenters. The number of carbonyl (C=O) groups excluding carboxylic acids is 1. The lowest BCUT2D eigenvalue weighted by atomic mass is 9.93. The Hall–Kier alpha value is -2.89. The summed E-state index contributed by atoms with van der Waals surface area (Å²) in [6.07, 6.45) is 4.82. The van der Waals surface area contributed by atoms with E-state index in [1.54, 1.807) is 12.4 Å². The number of aryl methyl sites for hydroxylation is 1. The van der Waals surface area contributed by atoms with Crippen LogP contribution >= 0.6 is 11.3 Å². The molecule has 2 saturated carbocycles. The van der Waals surface area contributed by atoms with E-state index in [0.29, 0.717) is 24.4 Å². The zero-order chi connectivity index (χ0) is 23.8. The maximum absolute atomic E-state index is 12.4. The molecule has 10 nitrogen and oxygen atoms in total. The zero-order valence-corrected chi connectivity index (χ0v) is 20.0. The first-order valence-corrected chi connectivity index (χ1v) is 12.5. The Kier molecular flexibility index (Phi) is 6.32. The molecule has 0 aliphatic heterocycles. The summed E-state index contributed by atoms with van der Waals surface area (Å²) < 4.78 is 1.000. The fourth-order valence-corrected chi connectivity index (χ4v) is 5.57.